The number of carboxylic acids is 1. The molecule has 1 fully saturated rings. The van der Waals surface area contributed by atoms with Crippen LogP contribution in [0.5, 0.6) is 0 Å². The van der Waals surface area contributed by atoms with Gasteiger partial charge in [0.15, 0.2) is 0 Å². The summed E-state index contributed by atoms with van der Waals surface area (Å²) in [5.41, 5.74) is 0. The van der Waals surface area contributed by atoms with E-state index in [1.807, 2.05) is 21.1 Å². The second kappa shape index (κ2) is 6.30. The highest BCUT2D eigenvalue weighted by Crippen LogP contribution is 2.46. The molecule has 1 aliphatic heterocycles. The van der Waals surface area contributed by atoms with E-state index in [0.717, 1.165) is 0 Å². The first-order valence-corrected chi connectivity index (χ1v) is 7.53. The van der Waals surface area contributed by atoms with Gasteiger partial charge in [0.25, 0.3) is 0 Å². The SMILES string of the molecule is C[N+](C)(C)CCOP(=O)(O)OC1CCN[C@@H]1C(=O)O. The largest absolute Gasteiger partial charge is 0.480 e. The van der Waals surface area contributed by atoms with E-state index in [-0.39, 0.29) is 6.61 Å². The first-order valence-electron chi connectivity index (χ1n) is 6.03. The van der Waals surface area contributed by atoms with Gasteiger partial charge in [-0.05, 0) is 13.0 Å². The first kappa shape index (κ1) is 16.6. The summed E-state index contributed by atoms with van der Waals surface area (Å²) in [5.74, 6) is -1.10. The quantitative estimate of drug-likeness (QED) is 0.435. The lowest BCUT2D eigenvalue weighted by Crippen LogP contribution is -2.39. The molecule has 0 radical (unpaired) electrons. The molecule has 1 saturated heterocycles. The van der Waals surface area contributed by atoms with E-state index in [1.165, 1.54) is 0 Å². The molecule has 1 heterocycles. The van der Waals surface area contributed by atoms with E-state index in [0.29, 0.717) is 24.0 Å². The van der Waals surface area contributed by atoms with Crippen LogP contribution < -0.4 is 5.32 Å². The molecular formula is C10H22N2O6P+. The Morgan fingerprint density at radius 3 is 2.63 bits per heavy atom. The molecule has 1 aliphatic rings. The minimum Gasteiger partial charge on any atom is -0.480 e. The lowest BCUT2D eigenvalue weighted by molar-refractivity contribution is -0.870. The Bertz CT molecular complexity index is 370. The van der Waals surface area contributed by atoms with Crippen molar-refractivity contribution >= 4 is 13.8 Å². The van der Waals surface area contributed by atoms with Crippen LogP contribution in [0.3, 0.4) is 0 Å². The lowest BCUT2D eigenvalue weighted by Gasteiger charge is -2.25. The molecule has 0 aromatic rings. The molecule has 0 spiro atoms. The Morgan fingerprint density at radius 1 is 1.47 bits per heavy atom. The Hall–Kier alpha value is -0.500. The van der Waals surface area contributed by atoms with E-state index < -0.39 is 25.9 Å². The van der Waals surface area contributed by atoms with Crippen molar-refractivity contribution < 1.29 is 32.9 Å². The maximum atomic E-state index is 11.7. The number of nitrogens with one attached hydrogen (secondary N) is 1. The fourth-order valence-corrected chi connectivity index (χ4v) is 2.61. The zero-order valence-corrected chi connectivity index (χ0v) is 12.3. The number of hydrogen-bond donors (Lipinski definition) is 3. The molecule has 112 valence electrons. The average molecular weight is 297 g/mol. The normalized spacial score (nSPS) is 27.2. The van der Waals surface area contributed by atoms with Gasteiger partial charge in [-0.2, -0.15) is 0 Å². The highest BCUT2D eigenvalue weighted by atomic mass is 31.2. The number of phosphoric ester groups is 1. The van der Waals surface area contributed by atoms with E-state index in [9.17, 15) is 14.3 Å². The van der Waals surface area contributed by atoms with Crippen LogP contribution in [0, 0.1) is 0 Å². The van der Waals surface area contributed by atoms with Crippen molar-refractivity contribution in [1.82, 2.24) is 5.32 Å². The topological polar surface area (TPSA) is 105 Å². The second-order valence-corrected chi connectivity index (χ2v) is 6.92. The zero-order valence-electron chi connectivity index (χ0n) is 11.4. The van der Waals surface area contributed by atoms with Gasteiger partial charge < -0.3 is 19.8 Å². The molecule has 0 amide bonds. The number of phosphoric acid groups is 1. The first-order chi connectivity index (χ1) is 8.61. The lowest BCUT2D eigenvalue weighted by atomic mass is 10.2. The molecule has 0 saturated carbocycles. The summed E-state index contributed by atoms with van der Waals surface area (Å²) < 4.78 is 22.1. The third-order valence-corrected chi connectivity index (χ3v) is 3.76. The van der Waals surface area contributed by atoms with Crippen LogP contribution >= 0.6 is 7.82 Å². The van der Waals surface area contributed by atoms with Gasteiger partial charge in [-0.1, -0.05) is 0 Å². The number of nitrogens with zero attached hydrogens (tertiary/aromatic N) is 1. The minimum atomic E-state index is -4.22. The van der Waals surface area contributed by atoms with Gasteiger partial charge in [-0.25, -0.2) is 4.57 Å². The molecule has 3 atom stereocenters. The van der Waals surface area contributed by atoms with Crippen molar-refractivity contribution in [2.24, 2.45) is 0 Å². The van der Waals surface area contributed by atoms with Crippen LogP contribution in [0.4, 0.5) is 0 Å². The number of carbonyl (C=O) groups is 1. The molecule has 0 aromatic heterocycles. The van der Waals surface area contributed by atoms with Gasteiger partial charge in [-0.15, -0.1) is 0 Å². The summed E-state index contributed by atoms with van der Waals surface area (Å²) >= 11 is 0. The van der Waals surface area contributed by atoms with Crippen molar-refractivity contribution in [3.8, 4) is 0 Å². The molecule has 19 heavy (non-hydrogen) atoms. The number of rotatable bonds is 7. The third-order valence-electron chi connectivity index (χ3n) is 2.72. The maximum absolute atomic E-state index is 11.7. The van der Waals surface area contributed by atoms with Crippen LogP contribution in [0.1, 0.15) is 6.42 Å². The van der Waals surface area contributed by atoms with Gasteiger partial charge in [0.1, 0.15) is 19.2 Å². The molecular weight excluding hydrogens is 275 g/mol. The predicted octanol–water partition coefficient (Wildman–Crippen LogP) is -0.359. The van der Waals surface area contributed by atoms with Crippen molar-refractivity contribution in [2.45, 2.75) is 18.6 Å². The van der Waals surface area contributed by atoms with Gasteiger partial charge in [-0.3, -0.25) is 13.8 Å². The smallest absolute Gasteiger partial charge is 0.472 e. The third kappa shape index (κ3) is 5.99. The Balaban J connectivity index is 2.45. The summed E-state index contributed by atoms with van der Waals surface area (Å²) in [4.78, 5) is 20.4. The van der Waals surface area contributed by atoms with Gasteiger partial charge >= 0.3 is 13.8 Å². The summed E-state index contributed by atoms with van der Waals surface area (Å²) in [6.07, 6.45) is -0.488. The average Bonchev–Trinajstić information content (AvgIpc) is 2.62. The molecule has 2 unspecified atom stereocenters. The molecule has 1 rings (SSSR count). The van der Waals surface area contributed by atoms with Crippen LogP contribution in [-0.4, -0.2) is 73.4 Å². The fourth-order valence-electron chi connectivity index (χ4n) is 1.67. The van der Waals surface area contributed by atoms with Gasteiger partial charge in [0.05, 0.1) is 27.2 Å². The molecule has 0 bridgehead atoms. The maximum Gasteiger partial charge on any atom is 0.472 e. The standard InChI is InChI=1S/C10H21N2O6P/c1-12(2,3)6-7-17-19(15,16)18-8-4-5-11-9(8)10(13)14/h8-9,11H,4-7H2,1-3H3,(H-,13,14,15,16)/p+1/t8?,9-/m0/s1. The Kier molecular flexibility index (Phi) is 5.49. The van der Waals surface area contributed by atoms with E-state index in [1.54, 1.807) is 0 Å². The van der Waals surface area contributed by atoms with Crippen molar-refractivity contribution in [2.75, 3.05) is 40.8 Å². The highest BCUT2D eigenvalue weighted by molar-refractivity contribution is 7.47. The summed E-state index contributed by atoms with van der Waals surface area (Å²) in [7, 11) is 1.56. The van der Waals surface area contributed by atoms with Crippen molar-refractivity contribution in [1.29, 1.82) is 0 Å². The van der Waals surface area contributed by atoms with Crippen LogP contribution in [0.15, 0.2) is 0 Å². The molecule has 0 aliphatic carbocycles. The van der Waals surface area contributed by atoms with Crippen molar-refractivity contribution in [3.05, 3.63) is 0 Å². The number of aliphatic carboxylic acids is 1. The number of quaternary nitrogens is 1. The summed E-state index contributed by atoms with van der Waals surface area (Å²) in [6.45, 7) is 1.04. The monoisotopic (exact) mass is 297 g/mol. The molecule has 8 nitrogen and oxygen atoms in total. The number of hydrogen-bond acceptors (Lipinski definition) is 5. The number of likely N-dealkylation sites (N-methyl/N-ethyl adjacent to an activating group) is 1. The highest BCUT2D eigenvalue weighted by Gasteiger charge is 2.39. The van der Waals surface area contributed by atoms with Crippen LogP contribution in [-0.2, 0) is 18.4 Å². The molecule has 0 aromatic carbocycles. The van der Waals surface area contributed by atoms with Crippen LogP contribution in [0.2, 0.25) is 0 Å². The second-order valence-electron chi connectivity index (χ2n) is 5.52. The van der Waals surface area contributed by atoms with Gasteiger partial charge in [0.2, 0.25) is 0 Å². The number of carboxylic acid groups (broad SMARTS) is 1. The summed E-state index contributed by atoms with van der Waals surface area (Å²) in [5, 5.41) is 11.6. The van der Waals surface area contributed by atoms with E-state index >= 15 is 0 Å². The van der Waals surface area contributed by atoms with Crippen molar-refractivity contribution in [3.63, 3.8) is 0 Å². The minimum absolute atomic E-state index is 0.0646. The molecule has 3 N–H and O–H groups in total. The Labute approximate surface area is 112 Å². The van der Waals surface area contributed by atoms with Crippen LogP contribution in [0.25, 0.3) is 0 Å². The van der Waals surface area contributed by atoms with E-state index in [2.05, 4.69) is 5.32 Å². The van der Waals surface area contributed by atoms with E-state index in [4.69, 9.17) is 14.2 Å². The predicted molar refractivity (Wildman–Crippen MR) is 67.6 cm³/mol. The zero-order chi connectivity index (χ0) is 14.7. The summed E-state index contributed by atoms with van der Waals surface area (Å²) in [6, 6.07) is -0.970. The Morgan fingerprint density at radius 2 is 2.11 bits per heavy atom. The molecule has 9 heteroatoms. The van der Waals surface area contributed by atoms with Gasteiger partial charge in [0, 0.05) is 0 Å². The fraction of sp³-hybridized carbons (Fsp3) is 0.900.